The first kappa shape index (κ1) is 27.6. The highest BCUT2D eigenvalue weighted by Crippen LogP contribution is 2.56. The van der Waals surface area contributed by atoms with Crippen molar-refractivity contribution in [1.29, 1.82) is 0 Å². The van der Waals surface area contributed by atoms with Crippen LogP contribution in [0.1, 0.15) is 43.7 Å². The van der Waals surface area contributed by atoms with E-state index in [1.807, 2.05) is 13.0 Å². The van der Waals surface area contributed by atoms with Gasteiger partial charge in [0.15, 0.2) is 11.4 Å². The average Bonchev–Trinajstić information content (AvgIpc) is 3.34. The molecule has 0 aliphatic heterocycles. The van der Waals surface area contributed by atoms with E-state index < -0.39 is 75.6 Å². The summed E-state index contributed by atoms with van der Waals surface area (Å²) in [6, 6.07) is 1.93. The Kier molecular flexibility index (Phi) is 6.44. The second-order valence-corrected chi connectivity index (χ2v) is 11.1. The maximum atomic E-state index is 14.1. The normalized spacial score (nSPS) is 31.5. The molecular weight excluding hydrogens is 518 g/mol. The van der Waals surface area contributed by atoms with Gasteiger partial charge in [-0.2, -0.15) is 0 Å². The number of phenols is 1. The third-order valence-corrected chi connectivity index (χ3v) is 8.78. The number of rotatable bonds is 5. The SMILES string of the molecule is CCC1=CCC(Nc2ccc3c(c2O)C(O)=C2C(=O)[C@]4(O)C(O)=C(C(N)=O)C(=O)[C@@H](N(C)C)[C@@H]4[C@@H](O)[C@@H]2[C@H]3C)=C1. The van der Waals surface area contributed by atoms with Gasteiger partial charge in [-0.15, -0.1) is 0 Å². The molecule has 4 aliphatic carbocycles. The molecular formula is C29H33N3O8. The fourth-order valence-corrected chi connectivity index (χ4v) is 6.81. The quantitative estimate of drug-likeness (QED) is 0.208. The van der Waals surface area contributed by atoms with Crippen molar-refractivity contribution in [3.05, 3.63) is 63.6 Å². The number of Topliss-reactive ketones (excluding diaryl/α,β-unsaturated/α-hetero) is 2. The van der Waals surface area contributed by atoms with Gasteiger partial charge in [-0.05, 0) is 44.1 Å². The second-order valence-electron chi connectivity index (χ2n) is 11.1. The first-order valence-corrected chi connectivity index (χ1v) is 13.1. The van der Waals surface area contributed by atoms with E-state index >= 15 is 0 Å². The van der Waals surface area contributed by atoms with E-state index in [-0.39, 0.29) is 17.0 Å². The molecule has 1 amide bonds. The number of phenolic OH excluding ortho intramolecular Hbond substituents is 1. The summed E-state index contributed by atoms with van der Waals surface area (Å²) in [7, 11) is 2.93. The van der Waals surface area contributed by atoms with Crippen LogP contribution in [0.3, 0.4) is 0 Å². The first-order chi connectivity index (χ1) is 18.8. The van der Waals surface area contributed by atoms with Gasteiger partial charge in [0.1, 0.15) is 22.8 Å². The van der Waals surface area contributed by atoms with Crippen molar-refractivity contribution in [3.8, 4) is 5.75 Å². The maximum absolute atomic E-state index is 14.1. The summed E-state index contributed by atoms with van der Waals surface area (Å²) in [5.41, 5.74) is 3.68. The Morgan fingerprint density at radius 3 is 2.45 bits per heavy atom. The fourth-order valence-electron chi connectivity index (χ4n) is 6.81. The summed E-state index contributed by atoms with van der Waals surface area (Å²) in [4.78, 5) is 40.8. The number of aliphatic hydroxyl groups is 4. The number of primary amides is 1. The van der Waals surface area contributed by atoms with Crippen molar-refractivity contribution < 1.29 is 39.9 Å². The second kappa shape index (κ2) is 9.33. The Morgan fingerprint density at radius 2 is 1.88 bits per heavy atom. The molecule has 6 atom stereocenters. The van der Waals surface area contributed by atoms with Gasteiger partial charge in [0.2, 0.25) is 5.78 Å². The molecule has 0 saturated heterocycles. The maximum Gasteiger partial charge on any atom is 0.255 e. The van der Waals surface area contributed by atoms with Gasteiger partial charge in [0, 0.05) is 23.6 Å². The molecule has 4 aliphatic rings. The van der Waals surface area contributed by atoms with Gasteiger partial charge in [-0.25, -0.2) is 0 Å². The van der Waals surface area contributed by atoms with E-state index in [1.54, 1.807) is 19.1 Å². The van der Waals surface area contributed by atoms with Crippen molar-refractivity contribution in [1.82, 2.24) is 4.90 Å². The minimum absolute atomic E-state index is 0.0525. The van der Waals surface area contributed by atoms with E-state index in [4.69, 9.17) is 5.73 Å². The van der Waals surface area contributed by atoms with Crippen LogP contribution in [0, 0.1) is 11.8 Å². The number of fused-ring (bicyclic) bond motifs is 3. The number of nitrogens with zero attached hydrogens (tertiary/aromatic N) is 1. The molecule has 5 rings (SSSR count). The number of aromatic hydroxyl groups is 1. The number of carbonyl (C=O) groups excluding carboxylic acids is 3. The van der Waals surface area contributed by atoms with Crippen molar-refractivity contribution in [2.24, 2.45) is 17.6 Å². The summed E-state index contributed by atoms with van der Waals surface area (Å²) < 4.78 is 0. The summed E-state index contributed by atoms with van der Waals surface area (Å²) in [6.45, 7) is 3.72. The Labute approximate surface area is 230 Å². The number of hydrogen-bond acceptors (Lipinski definition) is 10. The lowest BCUT2D eigenvalue weighted by molar-refractivity contribution is -0.169. The summed E-state index contributed by atoms with van der Waals surface area (Å²) in [5, 5.41) is 60.3. The lowest BCUT2D eigenvalue weighted by atomic mass is 9.54. The third kappa shape index (κ3) is 3.58. The number of aliphatic hydroxyl groups excluding tert-OH is 3. The van der Waals surface area contributed by atoms with Crippen molar-refractivity contribution in [2.45, 2.75) is 50.4 Å². The molecule has 11 heteroatoms. The molecule has 0 spiro atoms. The largest absolute Gasteiger partial charge is 0.508 e. The highest BCUT2D eigenvalue weighted by atomic mass is 16.4. The molecule has 0 bridgehead atoms. The van der Waals surface area contributed by atoms with Crippen molar-refractivity contribution in [3.63, 3.8) is 0 Å². The van der Waals surface area contributed by atoms with Crippen LogP contribution >= 0.6 is 0 Å². The number of allylic oxidation sites excluding steroid dienone is 3. The Hall–Kier alpha value is -3.93. The standard InChI is InChI=1S/C29H33N3O8/c1-5-12-6-7-13(10-12)31-15-9-8-14-11(2)16-18(23(34)17(14)22(15)33)26(37)29(40)20(24(16)35)21(32(3)4)25(36)19(27(29)38)28(30)39/h6,8-11,16,20-21,24,31,33-35,38,40H,5,7H2,1-4H3,(H2,30,39)/t11-,16+,20+,21-,24-,29-/m0/s1. The van der Waals surface area contributed by atoms with Gasteiger partial charge in [-0.3, -0.25) is 19.3 Å². The highest BCUT2D eigenvalue weighted by molar-refractivity contribution is 6.24. The van der Waals surface area contributed by atoms with Gasteiger partial charge in [0.25, 0.3) is 5.91 Å². The molecule has 212 valence electrons. The van der Waals surface area contributed by atoms with Crippen LogP contribution < -0.4 is 11.1 Å². The van der Waals surface area contributed by atoms with E-state index in [0.29, 0.717) is 12.0 Å². The molecule has 0 radical (unpaired) electrons. The van der Waals surface area contributed by atoms with Crippen LogP contribution in [-0.4, -0.2) is 79.7 Å². The third-order valence-electron chi connectivity index (χ3n) is 8.78. The zero-order valence-electron chi connectivity index (χ0n) is 22.6. The van der Waals surface area contributed by atoms with Crippen molar-refractivity contribution in [2.75, 3.05) is 19.4 Å². The van der Waals surface area contributed by atoms with Crippen molar-refractivity contribution >= 4 is 28.9 Å². The number of ketones is 2. The molecule has 1 fully saturated rings. The molecule has 40 heavy (non-hydrogen) atoms. The first-order valence-electron chi connectivity index (χ1n) is 13.1. The van der Waals surface area contributed by atoms with Crippen LogP contribution in [-0.2, 0) is 14.4 Å². The number of nitrogens with one attached hydrogen (secondary N) is 1. The summed E-state index contributed by atoms with van der Waals surface area (Å²) >= 11 is 0. The molecule has 1 aromatic rings. The van der Waals surface area contributed by atoms with Gasteiger partial charge in [0.05, 0.1) is 29.3 Å². The Balaban J connectivity index is 1.69. The van der Waals surface area contributed by atoms with Gasteiger partial charge in [-0.1, -0.05) is 31.6 Å². The number of anilines is 1. The van der Waals surface area contributed by atoms with Gasteiger partial charge >= 0.3 is 0 Å². The summed E-state index contributed by atoms with van der Waals surface area (Å²) in [5.74, 6) is -9.09. The molecule has 0 aromatic heterocycles. The number of amides is 1. The zero-order chi connectivity index (χ0) is 29.4. The minimum Gasteiger partial charge on any atom is -0.508 e. The smallest absolute Gasteiger partial charge is 0.255 e. The molecule has 1 saturated carbocycles. The number of nitrogens with two attached hydrogens (primary N) is 1. The average molecular weight is 552 g/mol. The van der Waals surface area contributed by atoms with Crippen LogP contribution in [0.15, 0.2) is 52.5 Å². The molecule has 1 aromatic carbocycles. The fraction of sp³-hybridized carbons (Fsp3) is 0.414. The van der Waals surface area contributed by atoms with E-state index in [9.17, 15) is 39.9 Å². The van der Waals surface area contributed by atoms with Crippen LogP contribution in [0.5, 0.6) is 5.75 Å². The molecule has 0 unspecified atom stereocenters. The summed E-state index contributed by atoms with van der Waals surface area (Å²) in [6.07, 6.45) is 3.87. The zero-order valence-corrected chi connectivity index (χ0v) is 22.6. The Bertz CT molecular complexity index is 1490. The van der Waals surface area contributed by atoms with Crippen LogP contribution in [0.2, 0.25) is 0 Å². The van der Waals surface area contributed by atoms with E-state index in [1.165, 1.54) is 19.0 Å². The van der Waals surface area contributed by atoms with Crippen LogP contribution in [0.25, 0.3) is 5.76 Å². The topological polar surface area (TPSA) is 194 Å². The lowest BCUT2D eigenvalue weighted by Crippen LogP contribution is -2.70. The Morgan fingerprint density at radius 1 is 1.20 bits per heavy atom. The number of hydrogen-bond donors (Lipinski definition) is 7. The minimum atomic E-state index is -2.94. The number of benzene rings is 1. The molecule has 8 N–H and O–H groups in total. The predicted molar refractivity (Wildman–Crippen MR) is 145 cm³/mol. The van der Waals surface area contributed by atoms with E-state index in [0.717, 1.165) is 17.7 Å². The number of likely N-dealkylation sites (N-methyl/N-ethyl adjacent to an activating group) is 1. The van der Waals surface area contributed by atoms with E-state index in [2.05, 4.69) is 11.4 Å². The monoisotopic (exact) mass is 551 g/mol. The molecule has 0 heterocycles. The van der Waals surface area contributed by atoms with Gasteiger partial charge < -0.3 is 36.6 Å². The highest BCUT2D eigenvalue weighted by Gasteiger charge is 2.68. The molecule has 11 nitrogen and oxygen atoms in total. The predicted octanol–water partition coefficient (Wildman–Crippen LogP) is 1.53. The van der Waals surface area contributed by atoms with Crippen LogP contribution in [0.4, 0.5) is 5.69 Å². The number of carbonyl (C=O) groups is 3. The lowest BCUT2D eigenvalue weighted by Gasteiger charge is -2.53.